The van der Waals surface area contributed by atoms with Gasteiger partial charge in [0.1, 0.15) is 11.3 Å². The van der Waals surface area contributed by atoms with Crippen molar-refractivity contribution in [1.82, 2.24) is 15.2 Å². The summed E-state index contributed by atoms with van der Waals surface area (Å²) < 4.78 is 5.23. The second-order valence-electron chi connectivity index (χ2n) is 5.22. The number of aryl methyl sites for hydroxylation is 1. The molecule has 0 aliphatic carbocycles. The summed E-state index contributed by atoms with van der Waals surface area (Å²) in [5, 5.41) is 2.41. The zero-order valence-corrected chi connectivity index (χ0v) is 12.9. The second kappa shape index (κ2) is 5.71. The number of aromatic nitrogens is 1. The van der Waals surface area contributed by atoms with Gasteiger partial charge in [0.2, 0.25) is 0 Å². The van der Waals surface area contributed by atoms with Gasteiger partial charge in [-0.15, -0.1) is 0 Å². The highest BCUT2D eigenvalue weighted by molar-refractivity contribution is 6.06. The fourth-order valence-corrected chi connectivity index (χ4v) is 2.84. The van der Waals surface area contributed by atoms with E-state index < -0.39 is 5.54 Å². The lowest BCUT2D eigenvalue weighted by atomic mass is 9.91. The molecule has 1 aromatic rings. The van der Waals surface area contributed by atoms with Gasteiger partial charge >= 0.3 is 6.03 Å². The normalized spacial score (nSPS) is 17.0. The molecule has 0 saturated carbocycles. The lowest BCUT2D eigenvalue weighted by Crippen LogP contribution is -2.48. The van der Waals surface area contributed by atoms with Crippen molar-refractivity contribution in [2.75, 3.05) is 7.11 Å². The Morgan fingerprint density at radius 3 is 2.52 bits per heavy atom. The molecule has 0 spiro atoms. The van der Waals surface area contributed by atoms with Gasteiger partial charge in [0, 0.05) is 17.8 Å². The van der Waals surface area contributed by atoms with Gasteiger partial charge in [0.05, 0.1) is 19.3 Å². The molecule has 1 aromatic heterocycles. The van der Waals surface area contributed by atoms with Crippen LogP contribution in [0.5, 0.6) is 5.75 Å². The predicted molar refractivity (Wildman–Crippen MR) is 77.9 cm³/mol. The molecule has 1 aliphatic rings. The Bertz CT molecular complexity index is 567. The van der Waals surface area contributed by atoms with E-state index in [0.29, 0.717) is 24.3 Å². The maximum atomic E-state index is 12.1. The van der Waals surface area contributed by atoms with Crippen molar-refractivity contribution in [2.45, 2.75) is 45.7 Å². The van der Waals surface area contributed by atoms with Gasteiger partial charge in [-0.2, -0.15) is 0 Å². The smallest absolute Gasteiger partial charge is 0.325 e. The van der Waals surface area contributed by atoms with E-state index in [-0.39, 0.29) is 18.5 Å². The molecule has 0 unspecified atom stereocenters. The van der Waals surface area contributed by atoms with E-state index in [1.807, 2.05) is 26.8 Å². The number of imide groups is 1. The van der Waals surface area contributed by atoms with Crippen molar-refractivity contribution >= 4 is 11.9 Å². The number of hydrogen-bond donors (Lipinski definition) is 1. The van der Waals surface area contributed by atoms with Crippen molar-refractivity contribution in [3.05, 3.63) is 23.5 Å². The Morgan fingerprint density at radius 2 is 1.95 bits per heavy atom. The lowest BCUT2D eigenvalue weighted by molar-refractivity contribution is -0.127. The molecule has 6 nitrogen and oxygen atoms in total. The van der Waals surface area contributed by atoms with E-state index >= 15 is 0 Å². The quantitative estimate of drug-likeness (QED) is 0.842. The summed E-state index contributed by atoms with van der Waals surface area (Å²) in [5.74, 6) is 0.471. The minimum atomic E-state index is -0.782. The highest BCUT2D eigenvalue weighted by Gasteiger charge is 2.50. The number of ether oxygens (including phenoxy) is 1. The molecule has 1 N–H and O–H groups in total. The molecule has 21 heavy (non-hydrogen) atoms. The van der Waals surface area contributed by atoms with Crippen LogP contribution in [0.4, 0.5) is 4.79 Å². The number of pyridine rings is 1. The van der Waals surface area contributed by atoms with Crippen molar-refractivity contribution < 1.29 is 14.3 Å². The van der Waals surface area contributed by atoms with Crippen molar-refractivity contribution in [2.24, 2.45) is 0 Å². The first-order valence-electron chi connectivity index (χ1n) is 7.11. The predicted octanol–water partition coefficient (Wildman–Crippen LogP) is 2.01. The zero-order valence-electron chi connectivity index (χ0n) is 12.9. The molecule has 1 aliphatic heterocycles. The third kappa shape index (κ3) is 2.57. The number of carbonyl (C=O) groups excluding carboxylic acids is 2. The highest BCUT2D eigenvalue weighted by Crippen LogP contribution is 2.31. The number of carbonyl (C=O) groups is 2. The van der Waals surface area contributed by atoms with E-state index in [4.69, 9.17) is 4.74 Å². The zero-order chi connectivity index (χ0) is 15.6. The van der Waals surface area contributed by atoms with Crippen LogP contribution >= 0.6 is 0 Å². The first-order valence-corrected chi connectivity index (χ1v) is 7.11. The Balaban J connectivity index is 2.34. The molecule has 1 fully saturated rings. The van der Waals surface area contributed by atoms with Crippen LogP contribution in [0.15, 0.2) is 12.1 Å². The van der Waals surface area contributed by atoms with E-state index in [1.165, 1.54) is 0 Å². The van der Waals surface area contributed by atoms with Crippen molar-refractivity contribution in [3.63, 3.8) is 0 Å². The molecule has 2 heterocycles. The van der Waals surface area contributed by atoms with Crippen LogP contribution in [-0.4, -0.2) is 34.5 Å². The van der Waals surface area contributed by atoms with E-state index in [1.54, 1.807) is 18.1 Å². The van der Waals surface area contributed by atoms with Crippen LogP contribution in [-0.2, 0) is 11.3 Å². The number of amides is 3. The number of urea groups is 1. The van der Waals surface area contributed by atoms with Gasteiger partial charge < -0.3 is 9.64 Å². The second-order valence-corrected chi connectivity index (χ2v) is 5.22. The molecule has 0 bridgehead atoms. The Hall–Kier alpha value is -2.11. The SMILES string of the molecule is CCC1(CC)C(=O)NC(=O)N1Cc1cc(OC)cc(C)n1. The molecular weight excluding hydrogens is 270 g/mol. The van der Waals surface area contributed by atoms with Gasteiger partial charge in [-0.05, 0) is 19.8 Å². The molecule has 6 heteroatoms. The third-order valence-corrected chi connectivity index (χ3v) is 4.11. The maximum absolute atomic E-state index is 12.1. The van der Waals surface area contributed by atoms with Gasteiger partial charge in [0.15, 0.2) is 0 Å². The summed E-state index contributed by atoms with van der Waals surface area (Å²) >= 11 is 0. The molecule has 1 saturated heterocycles. The topological polar surface area (TPSA) is 71.5 Å². The lowest BCUT2D eigenvalue weighted by Gasteiger charge is -2.33. The fourth-order valence-electron chi connectivity index (χ4n) is 2.84. The molecule has 0 radical (unpaired) electrons. The summed E-state index contributed by atoms with van der Waals surface area (Å²) in [4.78, 5) is 30.2. The summed E-state index contributed by atoms with van der Waals surface area (Å²) in [7, 11) is 1.59. The number of nitrogens with zero attached hydrogens (tertiary/aromatic N) is 2. The molecule has 0 atom stereocenters. The fraction of sp³-hybridized carbons (Fsp3) is 0.533. The Labute approximate surface area is 124 Å². The first-order chi connectivity index (χ1) is 9.96. The number of rotatable bonds is 5. The van der Waals surface area contributed by atoms with Gasteiger partial charge in [0.25, 0.3) is 5.91 Å². The first kappa shape index (κ1) is 15.3. The van der Waals surface area contributed by atoms with Crippen LogP contribution in [0.1, 0.15) is 38.1 Å². The largest absolute Gasteiger partial charge is 0.497 e. The minimum Gasteiger partial charge on any atom is -0.497 e. The van der Waals surface area contributed by atoms with Crippen LogP contribution in [0.3, 0.4) is 0 Å². The summed E-state index contributed by atoms with van der Waals surface area (Å²) in [6, 6.07) is 3.26. The molecule has 2 rings (SSSR count). The molecular formula is C15H21N3O3. The summed E-state index contributed by atoms with van der Waals surface area (Å²) in [6.45, 7) is 5.99. The van der Waals surface area contributed by atoms with Gasteiger partial charge in [-0.25, -0.2) is 4.79 Å². The molecule has 114 valence electrons. The number of nitrogens with one attached hydrogen (secondary N) is 1. The molecule has 3 amide bonds. The van der Waals surface area contributed by atoms with Crippen molar-refractivity contribution in [1.29, 1.82) is 0 Å². The van der Waals surface area contributed by atoms with E-state index in [9.17, 15) is 9.59 Å². The average Bonchev–Trinajstić information content (AvgIpc) is 2.69. The van der Waals surface area contributed by atoms with Crippen LogP contribution in [0, 0.1) is 6.92 Å². The highest BCUT2D eigenvalue weighted by atomic mass is 16.5. The number of hydrogen-bond acceptors (Lipinski definition) is 4. The monoisotopic (exact) mass is 291 g/mol. The Morgan fingerprint density at radius 1 is 1.29 bits per heavy atom. The third-order valence-electron chi connectivity index (χ3n) is 4.11. The average molecular weight is 291 g/mol. The van der Waals surface area contributed by atoms with Crippen LogP contribution in [0.25, 0.3) is 0 Å². The van der Waals surface area contributed by atoms with Crippen LogP contribution < -0.4 is 10.1 Å². The number of methoxy groups -OCH3 is 1. The van der Waals surface area contributed by atoms with E-state index in [2.05, 4.69) is 10.3 Å². The summed E-state index contributed by atoms with van der Waals surface area (Å²) in [6.07, 6.45) is 1.15. The minimum absolute atomic E-state index is 0.225. The van der Waals surface area contributed by atoms with Gasteiger partial charge in [-0.1, -0.05) is 13.8 Å². The van der Waals surface area contributed by atoms with Crippen molar-refractivity contribution in [3.8, 4) is 5.75 Å². The van der Waals surface area contributed by atoms with Gasteiger partial charge in [-0.3, -0.25) is 15.1 Å². The Kier molecular flexibility index (Phi) is 4.16. The molecule has 0 aromatic carbocycles. The summed E-state index contributed by atoms with van der Waals surface area (Å²) in [5.41, 5.74) is 0.743. The standard InChI is InChI=1S/C15H21N3O3/c1-5-15(6-2)13(19)17-14(20)18(15)9-11-8-12(21-4)7-10(3)16-11/h7-8H,5-6,9H2,1-4H3,(H,17,19,20). The van der Waals surface area contributed by atoms with E-state index in [0.717, 1.165) is 5.69 Å². The van der Waals surface area contributed by atoms with Crippen LogP contribution in [0.2, 0.25) is 0 Å². The maximum Gasteiger partial charge on any atom is 0.325 e.